The maximum atomic E-state index is 8.62. The van der Waals surface area contributed by atoms with E-state index in [-0.39, 0.29) is 0 Å². The van der Waals surface area contributed by atoms with Crippen LogP contribution in [-0.2, 0) is 0 Å². The number of pyridine rings is 1. The molecular formula is C8H7N3O2. The van der Waals surface area contributed by atoms with Crippen molar-refractivity contribution in [2.24, 2.45) is 5.16 Å². The molecule has 1 heterocycles. The number of hydrogen-bond acceptors (Lipinski definition) is 5. The van der Waals surface area contributed by atoms with Gasteiger partial charge in [0.15, 0.2) is 0 Å². The van der Waals surface area contributed by atoms with Gasteiger partial charge in [0.2, 0.25) is 0 Å². The predicted octanol–water partition coefficient (Wildman–Crippen LogP) is 0.770. The van der Waals surface area contributed by atoms with Crippen molar-refractivity contribution in [3.8, 4) is 11.8 Å². The lowest BCUT2D eigenvalue weighted by atomic mass is 10.2. The van der Waals surface area contributed by atoms with Crippen LogP contribution in [0.1, 0.15) is 11.3 Å². The predicted molar refractivity (Wildman–Crippen MR) is 44.9 cm³/mol. The van der Waals surface area contributed by atoms with Gasteiger partial charge in [-0.3, -0.25) is 4.98 Å². The Bertz CT molecular complexity index is 368. The molecule has 0 bridgehead atoms. The van der Waals surface area contributed by atoms with Gasteiger partial charge in [0, 0.05) is 12.3 Å². The molecule has 1 rings (SSSR count). The molecule has 1 aromatic rings. The molecule has 13 heavy (non-hydrogen) atoms. The van der Waals surface area contributed by atoms with Gasteiger partial charge in [0.25, 0.3) is 0 Å². The fraction of sp³-hybridized carbons (Fsp3) is 0.125. The van der Waals surface area contributed by atoms with Crippen LogP contribution in [0.5, 0.6) is 5.75 Å². The van der Waals surface area contributed by atoms with E-state index in [0.29, 0.717) is 17.0 Å². The van der Waals surface area contributed by atoms with Crippen molar-refractivity contribution < 1.29 is 9.94 Å². The topological polar surface area (TPSA) is 78.5 Å². The van der Waals surface area contributed by atoms with Gasteiger partial charge >= 0.3 is 0 Å². The van der Waals surface area contributed by atoms with Crippen LogP contribution in [0.3, 0.4) is 0 Å². The summed E-state index contributed by atoms with van der Waals surface area (Å²) in [5, 5.41) is 19.7. The highest BCUT2D eigenvalue weighted by Crippen LogP contribution is 2.15. The fourth-order valence-corrected chi connectivity index (χ4v) is 0.835. The minimum absolute atomic E-state index is 0.345. The largest absolute Gasteiger partial charge is 0.495 e. The summed E-state index contributed by atoms with van der Waals surface area (Å²) in [6.07, 6.45) is 2.51. The van der Waals surface area contributed by atoms with Crippen LogP contribution in [0.15, 0.2) is 17.4 Å². The van der Waals surface area contributed by atoms with E-state index in [1.165, 1.54) is 19.4 Å². The van der Waals surface area contributed by atoms with E-state index in [1.807, 2.05) is 6.07 Å². The lowest BCUT2D eigenvalue weighted by Crippen LogP contribution is -1.93. The maximum Gasteiger partial charge on any atom is 0.140 e. The van der Waals surface area contributed by atoms with Gasteiger partial charge in [-0.1, -0.05) is 5.16 Å². The zero-order chi connectivity index (χ0) is 9.68. The summed E-state index contributed by atoms with van der Waals surface area (Å²) in [5.41, 5.74) is 0.774. The van der Waals surface area contributed by atoms with E-state index >= 15 is 0 Å². The van der Waals surface area contributed by atoms with E-state index in [1.54, 1.807) is 0 Å². The summed E-state index contributed by atoms with van der Waals surface area (Å²) in [6.45, 7) is 0. The van der Waals surface area contributed by atoms with Crippen molar-refractivity contribution in [1.82, 2.24) is 4.98 Å². The van der Waals surface area contributed by atoms with Crippen molar-refractivity contribution in [2.75, 3.05) is 7.11 Å². The number of hydrogen-bond donors (Lipinski definition) is 1. The molecular weight excluding hydrogens is 170 g/mol. The monoisotopic (exact) mass is 177 g/mol. The van der Waals surface area contributed by atoms with Crippen molar-refractivity contribution in [2.45, 2.75) is 0 Å². The fourth-order valence-electron chi connectivity index (χ4n) is 0.835. The summed E-state index contributed by atoms with van der Waals surface area (Å²) in [4.78, 5) is 3.84. The van der Waals surface area contributed by atoms with Crippen molar-refractivity contribution in [3.05, 3.63) is 23.5 Å². The zero-order valence-corrected chi connectivity index (χ0v) is 6.93. The van der Waals surface area contributed by atoms with Crippen LogP contribution < -0.4 is 4.74 Å². The molecule has 1 aromatic heterocycles. The van der Waals surface area contributed by atoms with Gasteiger partial charge in [-0.15, -0.1) is 0 Å². The molecule has 5 heteroatoms. The minimum Gasteiger partial charge on any atom is -0.495 e. The lowest BCUT2D eigenvalue weighted by molar-refractivity contribution is 0.321. The highest BCUT2D eigenvalue weighted by atomic mass is 16.5. The standard InChI is InChI=1S/C8H7N3O2/c1-13-8-2-7(5-11-12)10-4-6(8)3-9/h2,4-5,12H,1H3. The Hall–Kier alpha value is -2.09. The third-order valence-corrected chi connectivity index (χ3v) is 1.42. The van der Waals surface area contributed by atoms with Gasteiger partial charge in [-0.05, 0) is 0 Å². The lowest BCUT2D eigenvalue weighted by Gasteiger charge is -2.01. The molecule has 0 atom stereocenters. The van der Waals surface area contributed by atoms with Gasteiger partial charge in [0.05, 0.1) is 19.0 Å². The first-order valence-electron chi connectivity index (χ1n) is 3.43. The molecule has 1 N–H and O–H groups in total. The van der Waals surface area contributed by atoms with Crippen LogP contribution in [0, 0.1) is 11.3 Å². The average molecular weight is 177 g/mol. The van der Waals surface area contributed by atoms with Gasteiger partial charge in [0.1, 0.15) is 17.4 Å². The third kappa shape index (κ3) is 1.93. The van der Waals surface area contributed by atoms with Crippen LogP contribution in [-0.4, -0.2) is 23.5 Å². The number of nitrogens with zero attached hydrogens (tertiary/aromatic N) is 3. The van der Waals surface area contributed by atoms with Crippen LogP contribution >= 0.6 is 0 Å². The van der Waals surface area contributed by atoms with Crippen LogP contribution in [0.4, 0.5) is 0 Å². The van der Waals surface area contributed by atoms with Gasteiger partial charge in [-0.2, -0.15) is 5.26 Å². The summed E-state index contributed by atoms with van der Waals surface area (Å²) < 4.78 is 4.92. The summed E-state index contributed by atoms with van der Waals surface area (Å²) in [5.74, 6) is 0.410. The molecule has 0 saturated carbocycles. The molecule has 66 valence electrons. The number of aromatic nitrogens is 1. The molecule has 0 saturated heterocycles. The Kier molecular flexibility index (Phi) is 2.82. The molecule has 0 aromatic carbocycles. The molecule has 0 aliphatic heterocycles. The van der Waals surface area contributed by atoms with Crippen molar-refractivity contribution in [1.29, 1.82) is 5.26 Å². The number of rotatable bonds is 2. The van der Waals surface area contributed by atoms with E-state index < -0.39 is 0 Å². The molecule has 0 aliphatic rings. The normalized spacial score (nSPS) is 9.85. The first-order valence-corrected chi connectivity index (χ1v) is 3.43. The van der Waals surface area contributed by atoms with E-state index in [2.05, 4.69) is 10.1 Å². The summed E-state index contributed by atoms with van der Waals surface area (Å²) in [7, 11) is 1.45. The third-order valence-electron chi connectivity index (χ3n) is 1.42. The molecule has 0 radical (unpaired) electrons. The highest BCUT2D eigenvalue weighted by Gasteiger charge is 2.02. The molecule has 5 nitrogen and oxygen atoms in total. The Morgan fingerprint density at radius 2 is 2.54 bits per heavy atom. The average Bonchev–Trinajstić information content (AvgIpc) is 2.18. The number of ether oxygens (including phenoxy) is 1. The van der Waals surface area contributed by atoms with Crippen molar-refractivity contribution >= 4 is 6.21 Å². The second-order valence-electron chi connectivity index (χ2n) is 2.17. The first-order chi connectivity index (χ1) is 6.31. The molecule has 0 spiro atoms. The Morgan fingerprint density at radius 1 is 1.77 bits per heavy atom. The maximum absolute atomic E-state index is 8.62. The van der Waals surface area contributed by atoms with Gasteiger partial charge < -0.3 is 9.94 Å². The SMILES string of the molecule is COc1cc(C=NO)ncc1C#N. The smallest absolute Gasteiger partial charge is 0.140 e. The Morgan fingerprint density at radius 3 is 3.08 bits per heavy atom. The Labute approximate surface area is 74.9 Å². The Balaban J connectivity index is 3.14. The summed E-state index contributed by atoms with van der Waals surface area (Å²) >= 11 is 0. The quantitative estimate of drug-likeness (QED) is 0.411. The highest BCUT2D eigenvalue weighted by molar-refractivity contribution is 5.77. The summed E-state index contributed by atoms with van der Waals surface area (Å²) in [6, 6.07) is 3.43. The first kappa shape index (κ1) is 9.00. The second kappa shape index (κ2) is 4.07. The molecule has 0 amide bonds. The van der Waals surface area contributed by atoms with Crippen LogP contribution in [0.2, 0.25) is 0 Å². The second-order valence-corrected chi connectivity index (χ2v) is 2.17. The number of methoxy groups -OCH3 is 1. The van der Waals surface area contributed by atoms with Crippen molar-refractivity contribution in [3.63, 3.8) is 0 Å². The number of oxime groups is 1. The van der Waals surface area contributed by atoms with Crippen LogP contribution in [0.25, 0.3) is 0 Å². The number of nitriles is 1. The van der Waals surface area contributed by atoms with E-state index in [0.717, 1.165) is 6.21 Å². The van der Waals surface area contributed by atoms with Gasteiger partial charge in [-0.25, -0.2) is 0 Å². The van der Waals surface area contributed by atoms with E-state index in [9.17, 15) is 0 Å². The molecule has 0 fully saturated rings. The zero-order valence-electron chi connectivity index (χ0n) is 6.93. The minimum atomic E-state index is 0.345. The van der Waals surface area contributed by atoms with E-state index in [4.69, 9.17) is 15.2 Å². The molecule has 0 aliphatic carbocycles. The molecule has 0 unspecified atom stereocenters.